The zero-order chi connectivity index (χ0) is 20.0. The molecule has 3 rings (SSSR count). The van der Waals surface area contributed by atoms with Crippen molar-refractivity contribution in [1.82, 2.24) is 9.55 Å². The van der Waals surface area contributed by atoms with Crippen LogP contribution < -0.4 is 11.3 Å². The van der Waals surface area contributed by atoms with Crippen LogP contribution in [0.2, 0.25) is 0 Å². The van der Waals surface area contributed by atoms with Crippen LogP contribution in [0.3, 0.4) is 0 Å². The van der Waals surface area contributed by atoms with E-state index in [1.807, 2.05) is 30.3 Å². The van der Waals surface area contributed by atoms with Crippen LogP contribution in [0.1, 0.15) is 29.4 Å². The number of fused-ring (bicyclic) bond motifs is 1. The first-order chi connectivity index (χ1) is 12.8. The summed E-state index contributed by atoms with van der Waals surface area (Å²) in [7, 11) is 0. The third-order valence-corrected chi connectivity index (χ3v) is 3.75. The largest absolute Gasteiger partial charge is 0.505 e. The predicted octanol–water partition coefficient (Wildman–Crippen LogP) is 1.73. The topological polar surface area (TPSA) is 136 Å². The van der Waals surface area contributed by atoms with Gasteiger partial charge in [-0.1, -0.05) is 37.3 Å². The Hall–Kier alpha value is -3.68. The highest BCUT2D eigenvalue weighted by Gasteiger charge is 2.16. The quantitative estimate of drug-likeness (QED) is 0.641. The second kappa shape index (κ2) is 8.61. The number of carboxylic acids is 1. The number of carbonyl (C=O) groups excluding carboxylic acids is 1. The van der Waals surface area contributed by atoms with Gasteiger partial charge in [-0.15, -0.1) is 0 Å². The third kappa shape index (κ3) is 4.69. The van der Waals surface area contributed by atoms with Crippen molar-refractivity contribution >= 4 is 22.6 Å². The van der Waals surface area contributed by atoms with E-state index in [1.54, 1.807) is 6.92 Å². The van der Waals surface area contributed by atoms with Gasteiger partial charge in [0.1, 0.15) is 0 Å². The van der Waals surface area contributed by atoms with Crippen molar-refractivity contribution in [2.45, 2.75) is 19.9 Å². The van der Waals surface area contributed by atoms with Crippen LogP contribution in [0.4, 0.5) is 0 Å². The molecule has 27 heavy (non-hydrogen) atoms. The number of hydrogen-bond acceptors (Lipinski definition) is 5. The average Bonchev–Trinajstić information content (AvgIpc) is 2.65. The first kappa shape index (κ1) is 19.6. The molecule has 8 nitrogen and oxygen atoms in total. The van der Waals surface area contributed by atoms with E-state index in [4.69, 9.17) is 5.11 Å². The van der Waals surface area contributed by atoms with E-state index < -0.39 is 17.4 Å². The van der Waals surface area contributed by atoms with Gasteiger partial charge in [0, 0.05) is 24.2 Å². The zero-order valence-electron chi connectivity index (χ0n) is 14.6. The number of hydrogen-bond donors (Lipinski definition) is 3. The van der Waals surface area contributed by atoms with E-state index in [0.29, 0.717) is 13.0 Å². The molecule has 8 heteroatoms. The third-order valence-electron chi connectivity index (χ3n) is 3.75. The number of pyridine rings is 2. The van der Waals surface area contributed by atoms with Gasteiger partial charge in [0.25, 0.3) is 5.56 Å². The summed E-state index contributed by atoms with van der Waals surface area (Å²) >= 11 is 0. The van der Waals surface area contributed by atoms with Gasteiger partial charge in [-0.25, -0.2) is 9.78 Å². The second-order valence-electron chi connectivity index (χ2n) is 5.64. The molecule has 0 atom stereocenters. The molecule has 0 bridgehead atoms. The summed E-state index contributed by atoms with van der Waals surface area (Å²) in [6.07, 6.45) is 3.16. The van der Waals surface area contributed by atoms with Crippen LogP contribution in [0, 0.1) is 0 Å². The van der Waals surface area contributed by atoms with Gasteiger partial charge in [0.05, 0.1) is 11.9 Å². The van der Waals surface area contributed by atoms with Crippen molar-refractivity contribution in [3.8, 4) is 5.75 Å². The number of aromatic carboxylic acids is 1. The molecule has 0 radical (unpaired) electrons. The summed E-state index contributed by atoms with van der Waals surface area (Å²) in [4.78, 5) is 36.6. The van der Waals surface area contributed by atoms with Crippen molar-refractivity contribution in [3.63, 3.8) is 0 Å². The van der Waals surface area contributed by atoms with Gasteiger partial charge in [0.15, 0.2) is 11.4 Å². The summed E-state index contributed by atoms with van der Waals surface area (Å²) in [5.41, 5.74) is 4.82. The lowest BCUT2D eigenvalue weighted by molar-refractivity contribution is -0.117. The molecule has 0 saturated carbocycles. The van der Waals surface area contributed by atoms with E-state index in [9.17, 15) is 19.5 Å². The SMILES string of the molecule is CCC(N)=O.O=C(O)c1ncc2c(=O)n(Cc3ccccc3)ccc2c1O. The average molecular weight is 369 g/mol. The summed E-state index contributed by atoms with van der Waals surface area (Å²) in [6.45, 7) is 2.11. The van der Waals surface area contributed by atoms with Gasteiger partial charge in [-0.05, 0) is 11.6 Å². The first-order valence-corrected chi connectivity index (χ1v) is 8.11. The van der Waals surface area contributed by atoms with Crippen LogP contribution in [0.25, 0.3) is 10.8 Å². The maximum absolute atomic E-state index is 12.4. The van der Waals surface area contributed by atoms with Crippen molar-refractivity contribution < 1.29 is 19.8 Å². The Morgan fingerprint density at radius 3 is 2.33 bits per heavy atom. The molecular weight excluding hydrogens is 350 g/mol. The molecule has 0 aliphatic carbocycles. The maximum Gasteiger partial charge on any atom is 0.358 e. The van der Waals surface area contributed by atoms with Crippen LogP contribution in [-0.4, -0.2) is 31.6 Å². The Morgan fingerprint density at radius 1 is 1.15 bits per heavy atom. The summed E-state index contributed by atoms with van der Waals surface area (Å²) in [6, 6.07) is 11.0. The molecule has 0 fully saturated rings. The number of primary amides is 1. The van der Waals surface area contributed by atoms with Crippen molar-refractivity contribution in [2.24, 2.45) is 5.73 Å². The molecule has 0 aliphatic rings. The summed E-state index contributed by atoms with van der Waals surface area (Å²) in [5.74, 6) is -2.08. The van der Waals surface area contributed by atoms with E-state index in [2.05, 4.69) is 10.7 Å². The smallest absolute Gasteiger partial charge is 0.358 e. The second-order valence-corrected chi connectivity index (χ2v) is 5.64. The number of nitrogens with two attached hydrogens (primary N) is 1. The van der Waals surface area contributed by atoms with Crippen LogP contribution in [0.15, 0.2) is 53.6 Å². The highest BCUT2D eigenvalue weighted by Crippen LogP contribution is 2.24. The number of carbonyl (C=O) groups is 2. The monoisotopic (exact) mass is 369 g/mol. The van der Waals surface area contributed by atoms with Crippen molar-refractivity contribution in [3.05, 3.63) is 70.4 Å². The Bertz CT molecular complexity index is 1030. The fraction of sp³-hybridized carbons (Fsp3) is 0.158. The van der Waals surface area contributed by atoms with E-state index >= 15 is 0 Å². The van der Waals surface area contributed by atoms with E-state index in [0.717, 1.165) is 5.56 Å². The number of aromatic hydroxyl groups is 1. The van der Waals surface area contributed by atoms with Gasteiger partial charge >= 0.3 is 5.97 Å². The summed E-state index contributed by atoms with van der Waals surface area (Å²) in [5, 5.41) is 19.2. The number of rotatable bonds is 4. The number of aromatic nitrogens is 2. The molecule has 1 amide bonds. The number of carboxylic acid groups (broad SMARTS) is 1. The van der Waals surface area contributed by atoms with Crippen LogP contribution in [0.5, 0.6) is 5.75 Å². The molecule has 4 N–H and O–H groups in total. The predicted molar refractivity (Wildman–Crippen MR) is 99.7 cm³/mol. The normalized spacial score (nSPS) is 10.1. The van der Waals surface area contributed by atoms with E-state index in [-0.39, 0.29) is 22.2 Å². The lowest BCUT2D eigenvalue weighted by Gasteiger charge is -2.09. The molecule has 0 saturated heterocycles. The lowest BCUT2D eigenvalue weighted by Crippen LogP contribution is -2.20. The minimum atomic E-state index is -1.34. The highest BCUT2D eigenvalue weighted by atomic mass is 16.4. The Labute approximate surface area is 154 Å². The molecular formula is C19H19N3O5. The standard InChI is InChI=1S/C16H12N2O4.C3H7NO/c19-14-11-6-7-18(9-10-4-2-1-3-5-10)15(20)12(11)8-17-13(14)16(21)22;1-2-3(4)5/h1-8,19H,9H2,(H,21,22);2H2,1H3,(H2,4,5). The minimum absolute atomic E-state index is 0.181. The number of nitrogens with zero attached hydrogens (tertiary/aromatic N) is 2. The molecule has 3 aromatic rings. The fourth-order valence-electron chi connectivity index (χ4n) is 2.30. The fourth-order valence-corrected chi connectivity index (χ4v) is 2.30. The molecule has 0 aliphatic heterocycles. The van der Waals surface area contributed by atoms with Crippen molar-refractivity contribution in [2.75, 3.05) is 0 Å². The van der Waals surface area contributed by atoms with Gasteiger partial charge in [-0.2, -0.15) is 0 Å². The number of amides is 1. The van der Waals surface area contributed by atoms with Crippen molar-refractivity contribution in [1.29, 1.82) is 0 Å². The van der Waals surface area contributed by atoms with Crippen LogP contribution >= 0.6 is 0 Å². The molecule has 140 valence electrons. The minimum Gasteiger partial charge on any atom is -0.505 e. The Balaban J connectivity index is 0.000000465. The van der Waals surface area contributed by atoms with Crippen LogP contribution in [-0.2, 0) is 11.3 Å². The summed E-state index contributed by atoms with van der Waals surface area (Å²) < 4.78 is 1.49. The highest BCUT2D eigenvalue weighted by molar-refractivity contribution is 5.97. The van der Waals surface area contributed by atoms with Gasteiger partial charge in [0.2, 0.25) is 5.91 Å². The molecule has 2 aromatic heterocycles. The molecule has 0 unspecified atom stereocenters. The van der Waals surface area contributed by atoms with E-state index in [1.165, 1.54) is 23.0 Å². The first-order valence-electron chi connectivity index (χ1n) is 8.11. The van der Waals surface area contributed by atoms with Gasteiger partial charge < -0.3 is 20.5 Å². The van der Waals surface area contributed by atoms with Gasteiger partial charge in [-0.3, -0.25) is 9.59 Å². The lowest BCUT2D eigenvalue weighted by atomic mass is 10.1. The Morgan fingerprint density at radius 2 is 1.78 bits per heavy atom. The number of benzene rings is 1. The molecule has 0 spiro atoms. The molecule has 1 aromatic carbocycles. The zero-order valence-corrected chi connectivity index (χ0v) is 14.6. The molecule has 2 heterocycles. The maximum atomic E-state index is 12.4. The Kier molecular flexibility index (Phi) is 6.27.